The number of hydrogen-bond donors (Lipinski definition) is 1. The van der Waals surface area contributed by atoms with Crippen LogP contribution in [-0.2, 0) is 14.3 Å². The zero-order valence-corrected chi connectivity index (χ0v) is 10.3. The minimum Gasteiger partial charge on any atom is -0.396 e. The van der Waals surface area contributed by atoms with Crippen LogP contribution in [0.4, 0.5) is 0 Å². The van der Waals surface area contributed by atoms with E-state index in [4.69, 9.17) is 9.29 Å². The van der Waals surface area contributed by atoms with Gasteiger partial charge in [-0.15, -0.1) is 0 Å². The van der Waals surface area contributed by atoms with Gasteiger partial charge in [-0.2, -0.15) is 8.42 Å². The van der Waals surface area contributed by atoms with Crippen molar-refractivity contribution in [3.8, 4) is 0 Å². The van der Waals surface area contributed by atoms with Crippen LogP contribution >= 0.6 is 0 Å². The summed E-state index contributed by atoms with van der Waals surface area (Å²) in [5, 5.41) is 8.54. The molecule has 0 aliphatic carbocycles. The predicted octanol–water partition coefficient (Wildman–Crippen LogP) is 1.39. The third-order valence-corrected chi connectivity index (χ3v) is 3.62. The zero-order valence-electron chi connectivity index (χ0n) is 9.43. The summed E-state index contributed by atoms with van der Waals surface area (Å²) in [5.74, 6) is 0. The second-order valence-corrected chi connectivity index (χ2v) is 5.21. The minimum atomic E-state index is -3.68. The van der Waals surface area contributed by atoms with E-state index in [0.717, 1.165) is 11.1 Å². The maximum absolute atomic E-state index is 11.7. The molecule has 4 nitrogen and oxygen atoms in total. The van der Waals surface area contributed by atoms with Crippen LogP contribution in [0.25, 0.3) is 0 Å². The van der Waals surface area contributed by atoms with E-state index < -0.39 is 10.1 Å². The number of aliphatic hydroxyl groups excluding tert-OH is 1. The van der Waals surface area contributed by atoms with Gasteiger partial charge in [0.05, 0.1) is 11.5 Å². The van der Waals surface area contributed by atoms with Crippen molar-refractivity contribution in [3.05, 3.63) is 29.3 Å². The average Bonchev–Trinajstić information content (AvgIpc) is 2.22. The Morgan fingerprint density at radius 3 is 2.50 bits per heavy atom. The molecule has 0 spiro atoms. The molecule has 0 saturated carbocycles. The molecule has 0 amide bonds. The van der Waals surface area contributed by atoms with Crippen LogP contribution in [0.1, 0.15) is 17.5 Å². The summed E-state index contributed by atoms with van der Waals surface area (Å²) >= 11 is 0. The van der Waals surface area contributed by atoms with Crippen LogP contribution in [0, 0.1) is 13.8 Å². The number of aryl methyl sites for hydroxylation is 2. The lowest BCUT2D eigenvalue weighted by Gasteiger charge is -2.07. The molecular weight excluding hydrogens is 228 g/mol. The summed E-state index contributed by atoms with van der Waals surface area (Å²) in [4.78, 5) is 0.161. The molecule has 0 unspecified atom stereocenters. The summed E-state index contributed by atoms with van der Waals surface area (Å²) in [6, 6.07) is 4.86. The average molecular weight is 244 g/mol. The van der Waals surface area contributed by atoms with Crippen molar-refractivity contribution < 1.29 is 17.7 Å². The summed E-state index contributed by atoms with van der Waals surface area (Å²) < 4.78 is 28.1. The first-order valence-corrected chi connectivity index (χ1v) is 6.46. The fraction of sp³-hybridized carbons (Fsp3) is 0.455. The van der Waals surface area contributed by atoms with Gasteiger partial charge in [0.1, 0.15) is 0 Å². The molecule has 0 atom stereocenters. The van der Waals surface area contributed by atoms with Crippen LogP contribution in [0.3, 0.4) is 0 Å². The normalized spacial score (nSPS) is 11.7. The summed E-state index contributed by atoms with van der Waals surface area (Å²) in [6.07, 6.45) is 0.310. The molecule has 0 saturated heterocycles. The Balaban J connectivity index is 2.86. The Labute approximate surface area is 96.0 Å². The van der Waals surface area contributed by atoms with Crippen LogP contribution in [-0.4, -0.2) is 26.7 Å². The van der Waals surface area contributed by atoms with Crippen LogP contribution in [0.5, 0.6) is 0 Å². The molecule has 1 rings (SSSR count). The van der Waals surface area contributed by atoms with Gasteiger partial charge in [-0.05, 0) is 43.5 Å². The lowest BCUT2D eigenvalue weighted by molar-refractivity contribution is 0.236. The van der Waals surface area contributed by atoms with Gasteiger partial charge in [-0.25, -0.2) is 0 Å². The van der Waals surface area contributed by atoms with E-state index in [1.807, 2.05) is 13.8 Å². The monoisotopic (exact) mass is 244 g/mol. The molecule has 16 heavy (non-hydrogen) atoms. The standard InChI is InChI=1S/C11H16O4S/c1-9-4-5-11(8-10(9)2)16(13,14)15-7-3-6-12/h4-5,8,12H,3,6-7H2,1-2H3. The second-order valence-electron chi connectivity index (χ2n) is 3.60. The van der Waals surface area contributed by atoms with E-state index in [2.05, 4.69) is 0 Å². The highest BCUT2D eigenvalue weighted by atomic mass is 32.2. The van der Waals surface area contributed by atoms with Gasteiger partial charge in [0.15, 0.2) is 0 Å². The molecule has 0 bridgehead atoms. The van der Waals surface area contributed by atoms with Gasteiger partial charge in [-0.3, -0.25) is 4.18 Å². The van der Waals surface area contributed by atoms with Gasteiger partial charge in [0, 0.05) is 6.61 Å². The third-order valence-electron chi connectivity index (χ3n) is 2.31. The molecule has 0 aliphatic heterocycles. The third kappa shape index (κ3) is 3.30. The molecule has 1 aromatic rings. The molecule has 5 heteroatoms. The van der Waals surface area contributed by atoms with Crippen molar-refractivity contribution >= 4 is 10.1 Å². The first-order chi connectivity index (χ1) is 7.47. The lowest BCUT2D eigenvalue weighted by atomic mass is 10.1. The second kappa shape index (κ2) is 5.43. The van der Waals surface area contributed by atoms with Crippen molar-refractivity contribution in [3.63, 3.8) is 0 Å². The summed E-state index contributed by atoms with van der Waals surface area (Å²) in [7, 11) is -3.68. The number of hydrogen-bond acceptors (Lipinski definition) is 4. The Morgan fingerprint density at radius 1 is 1.25 bits per heavy atom. The van der Waals surface area contributed by atoms with Crippen molar-refractivity contribution in [2.45, 2.75) is 25.2 Å². The van der Waals surface area contributed by atoms with E-state index in [1.165, 1.54) is 6.07 Å². The Morgan fingerprint density at radius 2 is 1.94 bits per heavy atom. The van der Waals surface area contributed by atoms with Crippen molar-refractivity contribution in [2.75, 3.05) is 13.2 Å². The maximum atomic E-state index is 11.7. The number of benzene rings is 1. The molecular formula is C11H16O4S. The topological polar surface area (TPSA) is 63.6 Å². The summed E-state index contributed by atoms with van der Waals surface area (Å²) in [6.45, 7) is 3.69. The van der Waals surface area contributed by atoms with Crippen molar-refractivity contribution in [2.24, 2.45) is 0 Å². The predicted molar refractivity (Wildman–Crippen MR) is 60.8 cm³/mol. The zero-order chi connectivity index (χ0) is 12.2. The molecule has 0 fully saturated rings. The highest BCUT2D eigenvalue weighted by molar-refractivity contribution is 7.86. The van der Waals surface area contributed by atoms with Gasteiger partial charge in [0.25, 0.3) is 10.1 Å². The SMILES string of the molecule is Cc1ccc(S(=O)(=O)OCCCO)cc1C. The molecule has 90 valence electrons. The van der Waals surface area contributed by atoms with Gasteiger partial charge in [-0.1, -0.05) is 6.07 Å². The van der Waals surface area contributed by atoms with E-state index in [9.17, 15) is 8.42 Å². The van der Waals surface area contributed by atoms with Crippen LogP contribution < -0.4 is 0 Å². The van der Waals surface area contributed by atoms with E-state index in [1.54, 1.807) is 12.1 Å². The molecule has 0 aromatic heterocycles. The molecule has 1 aromatic carbocycles. The smallest absolute Gasteiger partial charge is 0.296 e. The van der Waals surface area contributed by atoms with E-state index in [-0.39, 0.29) is 18.1 Å². The minimum absolute atomic E-state index is 0.00571. The molecule has 0 radical (unpaired) electrons. The molecule has 1 N–H and O–H groups in total. The lowest BCUT2D eigenvalue weighted by Crippen LogP contribution is -2.08. The first-order valence-electron chi connectivity index (χ1n) is 5.05. The van der Waals surface area contributed by atoms with Gasteiger partial charge in [0.2, 0.25) is 0 Å². The highest BCUT2D eigenvalue weighted by Crippen LogP contribution is 2.16. The maximum Gasteiger partial charge on any atom is 0.296 e. The summed E-state index contributed by atoms with van der Waals surface area (Å²) in [5.41, 5.74) is 1.95. The fourth-order valence-corrected chi connectivity index (χ4v) is 2.20. The largest absolute Gasteiger partial charge is 0.396 e. The quantitative estimate of drug-likeness (QED) is 0.628. The molecule has 0 heterocycles. The molecule has 0 aliphatic rings. The van der Waals surface area contributed by atoms with Crippen LogP contribution in [0.2, 0.25) is 0 Å². The Hall–Kier alpha value is -0.910. The van der Waals surface area contributed by atoms with Gasteiger partial charge >= 0.3 is 0 Å². The number of aliphatic hydroxyl groups is 1. The van der Waals surface area contributed by atoms with E-state index in [0.29, 0.717) is 6.42 Å². The van der Waals surface area contributed by atoms with E-state index >= 15 is 0 Å². The Kier molecular flexibility index (Phi) is 4.46. The fourth-order valence-electron chi connectivity index (χ4n) is 1.17. The van der Waals surface area contributed by atoms with Crippen molar-refractivity contribution in [1.29, 1.82) is 0 Å². The highest BCUT2D eigenvalue weighted by Gasteiger charge is 2.15. The Bertz CT molecular complexity index is 451. The van der Waals surface area contributed by atoms with Crippen molar-refractivity contribution in [1.82, 2.24) is 0 Å². The van der Waals surface area contributed by atoms with Gasteiger partial charge < -0.3 is 5.11 Å². The first kappa shape index (κ1) is 13.2. The number of rotatable bonds is 5. The van der Waals surface area contributed by atoms with Crippen LogP contribution in [0.15, 0.2) is 23.1 Å².